The minimum atomic E-state index is -0.268. The average molecular weight is 385 g/mol. The molecule has 2 aromatic heterocycles. The lowest BCUT2D eigenvalue weighted by molar-refractivity contribution is 0.0545. The van der Waals surface area contributed by atoms with Gasteiger partial charge in [-0.25, -0.2) is 4.98 Å². The summed E-state index contributed by atoms with van der Waals surface area (Å²) < 4.78 is 5.41. The molecule has 0 fully saturated rings. The Hall–Kier alpha value is -2.44. The van der Waals surface area contributed by atoms with E-state index in [-0.39, 0.29) is 18.6 Å². The van der Waals surface area contributed by atoms with Crippen LogP contribution in [-0.4, -0.2) is 33.5 Å². The van der Waals surface area contributed by atoms with Crippen LogP contribution in [0.5, 0.6) is 0 Å². The fourth-order valence-corrected chi connectivity index (χ4v) is 3.84. The predicted octanol–water partition coefficient (Wildman–Crippen LogP) is 4.43. The molecular formula is C21H24N2O3S. The molecule has 1 amide bonds. The van der Waals surface area contributed by atoms with Gasteiger partial charge in [0.2, 0.25) is 0 Å². The van der Waals surface area contributed by atoms with Crippen molar-refractivity contribution in [2.75, 3.05) is 6.61 Å². The van der Waals surface area contributed by atoms with E-state index in [4.69, 9.17) is 4.42 Å². The first-order valence-corrected chi connectivity index (χ1v) is 9.83. The van der Waals surface area contributed by atoms with Gasteiger partial charge >= 0.3 is 0 Å². The number of carbonyl (C=O) groups excluding carboxylic acids is 1. The summed E-state index contributed by atoms with van der Waals surface area (Å²) in [6.45, 7) is 6.23. The van der Waals surface area contributed by atoms with Crippen LogP contribution >= 0.6 is 11.3 Å². The molecule has 0 saturated heterocycles. The van der Waals surface area contributed by atoms with Gasteiger partial charge in [0.05, 0.1) is 31.2 Å². The van der Waals surface area contributed by atoms with Crippen LogP contribution in [0.2, 0.25) is 0 Å². The molecule has 27 heavy (non-hydrogen) atoms. The highest BCUT2D eigenvalue weighted by atomic mass is 32.1. The molecule has 0 bridgehead atoms. The van der Waals surface area contributed by atoms with Crippen LogP contribution in [0, 0.1) is 13.8 Å². The standard InChI is InChI=1S/C21H24N2O3S/c1-4-18(13-24)23(12-19-9-6-10-26-19)21(25)17-8-5-7-16(11-17)20-22-14(2)15(3)27-20/h5-11,18,24H,4,12-13H2,1-3H3/t18-/m0/s1. The molecule has 5 nitrogen and oxygen atoms in total. The van der Waals surface area contributed by atoms with Crippen molar-refractivity contribution >= 4 is 17.2 Å². The highest BCUT2D eigenvalue weighted by Crippen LogP contribution is 2.28. The monoisotopic (exact) mass is 384 g/mol. The highest BCUT2D eigenvalue weighted by Gasteiger charge is 2.24. The zero-order chi connectivity index (χ0) is 19.4. The van der Waals surface area contributed by atoms with Gasteiger partial charge in [-0.1, -0.05) is 19.1 Å². The molecular weight excluding hydrogens is 360 g/mol. The Morgan fingerprint density at radius 2 is 2.11 bits per heavy atom. The summed E-state index contributed by atoms with van der Waals surface area (Å²) in [4.78, 5) is 20.7. The lowest BCUT2D eigenvalue weighted by Crippen LogP contribution is -2.41. The molecule has 1 N–H and O–H groups in total. The Kier molecular flexibility index (Phi) is 6.08. The van der Waals surface area contributed by atoms with Gasteiger partial charge in [-0.15, -0.1) is 11.3 Å². The van der Waals surface area contributed by atoms with Crippen LogP contribution in [0.25, 0.3) is 10.6 Å². The lowest BCUT2D eigenvalue weighted by Gasteiger charge is -2.29. The minimum Gasteiger partial charge on any atom is -0.467 e. The summed E-state index contributed by atoms with van der Waals surface area (Å²) >= 11 is 1.62. The van der Waals surface area contributed by atoms with Crippen molar-refractivity contribution in [3.05, 3.63) is 64.6 Å². The van der Waals surface area contributed by atoms with Gasteiger partial charge in [-0.3, -0.25) is 4.79 Å². The van der Waals surface area contributed by atoms with Crippen LogP contribution in [-0.2, 0) is 6.54 Å². The molecule has 0 saturated carbocycles. The van der Waals surface area contributed by atoms with E-state index in [1.165, 1.54) is 4.88 Å². The number of furan rings is 1. The van der Waals surface area contributed by atoms with Gasteiger partial charge in [0.1, 0.15) is 10.8 Å². The molecule has 0 aliphatic heterocycles. The smallest absolute Gasteiger partial charge is 0.254 e. The van der Waals surface area contributed by atoms with Crippen LogP contribution in [0.3, 0.4) is 0 Å². The molecule has 2 heterocycles. The molecule has 0 unspecified atom stereocenters. The number of aliphatic hydroxyl groups is 1. The van der Waals surface area contributed by atoms with E-state index in [0.29, 0.717) is 24.3 Å². The van der Waals surface area contributed by atoms with Crippen LogP contribution < -0.4 is 0 Å². The summed E-state index contributed by atoms with van der Waals surface area (Å²) in [6.07, 6.45) is 2.25. The molecule has 1 aromatic carbocycles. The average Bonchev–Trinajstić information content (AvgIpc) is 3.31. The largest absolute Gasteiger partial charge is 0.467 e. The minimum absolute atomic E-state index is 0.0898. The van der Waals surface area contributed by atoms with E-state index >= 15 is 0 Å². The van der Waals surface area contributed by atoms with Crippen molar-refractivity contribution in [1.82, 2.24) is 9.88 Å². The summed E-state index contributed by atoms with van der Waals surface area (Å²) in [5.74, 6) is 0.566. The maximum absolute atomic E-state index is 13.2. The molecule has 142 valence electrons. The second-order valence-corrected chi connectivity index (χ2v) is 7.70. The number of hydrogen-bond donors (Lipinski definition) is 1. The number of hydrogen-bond acceptors (Lipinski definition) is 5. The summed E-state index contributed by atoms with van der Waals surface area (Å²) in [5.41, 5.74) is 2.52. The quantitative estimate of drug-likeness (QED) is 0.654. The summed E-state index contributed by atoms with van der Waals surface area (Å²) in [7, 11) is 0. The number of rotatable bonds is 7. The second-order valence-electron chi connectivity index (χ2n) is 6.50. The third kappa shape index (κ3) is 4.28. The lowest BCUT2D eigenvalue weighted by atomic mass is 10.1. The van der Waals surface area contributed by atoms with Crippen molar-refractivity contribution < 1.29 is 14.3 Å². The van der Waals surface area contributed by atoms with Crippen molar-refractivity contribution in [1.29, 1.82) is 0 Å². The number of aryl methyl sites for hydroxylation is 2. The second kappa shape index (κ2) is 8.50. The summed E-state index contributed by atoms with van der Waals surface area (Å²) in [5, 5.41) is 10.7. The van der Waals surface area contributed by atoms with Crippen molar-refractivity contribution in [2.24, 2.45) is 0 Å². The SMILES string of the molecule is CC[C@@H](CO)N(Cc1ccco1)C(=O)c1cccc(-c2nc(C)c(C)s2)c1. The summed E-state index contributed by atoms with van der Waals surface area (Å²) in [6, 6.07) is 10.9. The fourth-order valence-electron chi connectivity index (χ4n) is 2.93. The van der Waals surface area contributed by atoms with Crippen molar-refractivity contribution in [3.63, 3.8) is 0 Å². The third-order valence-corrected chi connectivity index (χ3v) is 5.80. The van der Waals surface area contributed by atoms with Crippen LogP contribution in [0.15, 0.2) is 47.1 Å². The predicted molar refractivity (Wildman–Crippen MR) is 107 cm³/mol. The number of amides is 1. The first-order valence-electron chi connectivity index (χ1n) is 9.02. The number of aromatic nitrogens is 1. The van der Waals surface area contributed by atoms with Gasteiger partial charge in [-0.2, -0.15) is 0 Å². The first-order chi connectivity index (χ1) is 13.0. The number of aliphatic hydroxyl groups excluding tert-OH is 1. The third-order valence-electron chi connectivity index (χ3n) is 4.67. The maximum Gasteiger partial charge on any atom is 0.254 e. The molecule has 3 rings (SSSR count). The van der Waals surface area contributed by atoms with Gasteiger partial charge in [0.15, 0.2) is 0 Å². The maximum atomic E-state index is 13.2. The number of thiazole rings is 1. The Bertz CT molecular complexity index is 879. The number of nitrogens with zero attached hydrogens (tertiary/aromatic N) is 2. The number of benzene rings is 1. The molecule has 6 heteroatoms. The van der Waals surface area contributed by atoms with E-state index in [1.54, 1.807) is 34.6 Å². The Balaban J connectivity index is 1.92. The highest BCUT2D eigenvalue weighted by molar-refractivity contribution is 7.15. The Labute approximate surface area is 163 Å². The zero-order valence-corrected chi connectivity index (χ0v) is 16.6. The van der Waals surface area contributed by atoms with Gasteiger partial charge in [0.25, 0.3) is 5.91 Å². The Morgan fingerprint density at radius 3 is 2.70 bits per heavy atom. The van der Waals surface area contributed by atoms with E-state index in [1.807, 2.05) is 45.0 Å². The first kappa shape index (κ1) is 19.3. The molecule has 0 aliphatic rings. The molecule has 3 aromatic rings. The molecule has 0 spiro atoms. The van der Waals surface area contributed by atoms with Crippen LogP contribution in [0.4, 0.5) is 0 Å². The van der Waals surface area contributed by atoms with Crippen LogP contribution in [0.1, 0.15) is 40.0 Å². The molecule has 1 atom stereocenters. The van der Waals surface area contributed by atoms with Gasteiger partial charge < -0.3 is 14.4 Å². The zero-order valence-electron chi connectivity index (χ0n) is 15.8. The van der Waals surface area contributed by atoms with Gasteiger partial charge in [0, 0.05) is 16.0 Å². The van der Waals surface area contributed by atoms with Gasteiger partial charge in [-0.05, 0) is 44.5 Å². The van der Waals surface area contributed by atoms with E-state index in [2.05, 4.69) is 4.98 Å². The topological polar surface area (TPSA) is 66.6 Å². The fraction of sp³-hybridized carbons (Fsp3) is 0.333. The van der Waals surface area contributed by atoms with Crippen molar-refractivity contribution in [2.45, 2.75) is 39.8 Å². The Morgan fingerprint density at radius 1 is 1.30 bits per heavy atom. The van der Waals surface area contributed by atoms with E-state index in [9.17, 15) is 9.90 Å². The number of carbonyl (C=O) groups is 1. The molecule has 0 aliphatic carbocycles. The normalized spacial score (nSPS) is 12.1. The molecule has 0 radical (unpaired) electrons. The van der Waals surface area contributed by atoms with E-state index < -0.39 is 0 Å². The van der Waals surface area contributed by atoms with E-state index in [0.717, 1.165) is 16.3 Å². The van der Waals surface area contributed by atoms with Crippen molar-refractivity contribution in [3.8, 4) is 10.6 Å².